The highest BCUT2D eigenvalue weighted by Crippen LogP contribution is 2.33. The van der Waals surface area contributed by atoms with Gasteiger partial charge in [-0.15, -0.1) is 12.4 Å². The molecule has 2 atom stereocenters. The fraction of sp³-hybridized carbons (Fsp3) is 0.412. The molecule has 5 heterocycles. The van der Waals surface area contributed by atoms with Gasteiger partial charge in [0.25, 0.3) is 0 Å². The van der Waals surface area contributed by atoms with Crippen LogP contribution in [-0.2, 0) is 7.05 Å². The molecule has 0 saturated carbocycles. The van der Waals surface area contributed by atoms with E-state index in [4.69, 9.17) is 0 Å². The van der Waals surface area contributed by atoms with Crippen molar-refractivity contribution in [1.82, 2.24) is 25.1 Å². The Labute approximate surface area is 150 Å². The van der Waals surface area contributed by atoms with E-state index in [2.05, 4.69) is 31.3 Å². The van der Waals surface area contributed by atoms with Crippen molar-refractivity contribution in [2.75, 3.05) is 18.0 Å². The largest absolute Gasteiger partial charge is 0.368 e. The van der Waals surface area contributed by atoms with Crippen LogP contribution in [-0.4, -0.2) is 44.9 Å². The minimum absolute atomic E-state index is 0. The van der Waals surface area contributed by atoms with Crippen molar-refractivity contribution in [3.05, 3.63) is 30.5 Å². The highest BCUT2D eigenvalue weighted by Gasteiger charge is 2.32. The van der Waals surface area contributed by atoms with Crippen molar-refractivity contribution in [1.29, 1.82) is 0 Å². The summed E-state index contributed by atoms with van der Waals surface area (Å²) in [4.78, 5) is 10.1. The first kappa shape index (κ1) is 16.4. The van der Waals surface area contributed by atoms with Crippen LogP contribution in [0.25, 0.3) is 22.3 Å². The van der Waals surface area contributed by atoms with Crippen LogP contribution in [0.3, 0.4) is 0 Å². The average molecular weight is 363 g/mol. The summed E-state index contributed by atoms with van der Waals surface area (Å²) in [5.41, 5.74) is 3.15. The van der Waals surface area contributed by atoms with E-state index in [9.17, 15) is 4.39 Å². The minimum Gasteiger partial charge on any atom is -0.368 e. The lowest BCUT2D eigenvalue weighted by Crippen LogP contribution is -2.51. The predicted molar refractivity (Wildman–Crippen MR) is 97.7 cm³/mol. The number of hydrogen-bond donors (Lipinski definition) is 2. The summed E-state index contributed by atoms with van der Waals surface area (Å²) < 4.78 is 15.4. The molecule has 5 rings (SSSR count). The van der Waals surface area contributed by atoms with Crippen LogP contribution >= 0.6 is 12.4 Å². The molecule has 2 bridgehead atoms. The molecule has 0 radical (unpaired) electrons. The monoisotopic (exact) mass is 362 g/mol. The van der Waals surface area contributed by atoms with Crippen LogP contribution in [0.4, 0.5) is 10.1 Å². The van der Waals surface area contributed by atoms with Gasteiger partial charge in [-0.25, -0.2) is 9.67 Å². The van der Waals surface area contributed by atoms with Crippen molar-refractivity contribution >= 4 is 29.1 Å². The maximum absolute atomic E-state index is 14.2. The van der Waals surface area contributed by atoms with E-state index in [1.54, 1.807) is 13.2 Å². The molecule has 0 amide bonds. The number of H-pyrrole nitrogens is 1. The second-order valence-corrected chi connectivity index (χ2v) is 6.79. The van der Waals surface area contributed by atoms with Gasteiger partial charge in [-0.05, 0) is 25.0 Å². The molecule has 8 heteroatoms. The second kappa shape index (κ2) is 6.00. The number of nitrogens with one attached hydrogen (secondary N) is 2. The summed E-state index contributed by atoms with van der Waals surface area (Å²) in [7, 11) is 1.60. The van der Waals surface area contributed by atoms with Gasteiger partial charge in [-0.3, -0.25) is 0 Å². The van der Waals surface area contributed by atoms with Gasteiger partial charge in [-0.1, -0.05) is 0 Å². The Morgan fingerprint density at radius 2 is 2.00 bits per heavy atom. The van der Waals surface area contributed by atoms with Crippen LogP contribution in [0.5, 0.6) is 0 Å². The topological polar surface area (TPSA) is 61.8 Å². The number of pyridine rings is 1. The van der Waals surface area contributed by atoms with Gasteiger partial charge in [0.15, 0.2) is 0 Å². The summed E-state index contributed by atoms with van der Waals surface area (Å²) in [6.45, 7) is 2.02. The highest BCUT2D eigenvalue weighted by atomic mass is 35.5. The van der Waals surface area contributed by atoms with E-state index in [1.165, 1.54) is 23.2 Å². The second-order valence-electron chi connectivity index (χ2n) is 6.79. The Morgan fingerprint density at radius 1 is 1.24 bits per heavy atom. The third-order valence-corrected chi connectivity index (χ3v) is 5.22. The third kappa shape index (κ3) is 2.58. The number of piperazine rings is 1. The molecular formula is C17H20ClFN6. The quantitative estimate of drug-likeness (QED) is 0.735. The highest BCUT2D eigenvalue weighted by molar-refractivity contribution is 5.93. The van der Waals surface area contributed by atoms with Gasteiger partial charge >= 0.3 is 0 Å². The molecule has 3 aromatic rings. The summed E-state index contributed by atoms with van der Waals surface area (Å²) in [6.07, 6.45) is 5.86. The number of hydrogen-bond acceptors (Lipinski definition) is 4. The van der Waals surface area contributed by atoms with Gasteiger partial charge in [0, 0.05) is 49.5 Å². The number of aryl methyl sites for hydroxylation is 1. The first-order valence-electron chi connectivity index (χ1n) is 8.35. The number of anilines is 1. The standard InChI is InChI=1S/C17H19FN6.ClH/c1-23-16(18)13(7-20-23)14-6-12-15(4-5-19-17(12)22-14)24-8-10-2-3-11(9-24)21-10;/h4-7,10-11,21H,2-3,8-9H2,1H3,(H,19,22);1H. The number of nitrogens with zero attached hydrogens (tertiary/aromatic N) is 4. The average Bonchev–Trinajstić information content (AvgIpc) is 3.25. The van der Waals surface area contributed by atoms with Crippen molar-refractivity contribution in [2.24, 2.45) is 7.05 Å². The van der Waals surface area contributed by atoms with Gasteiger partial charge in [0.1, 0.15) is 5.65 Å². The normalized spacial score (nSPS) is 22.4. The zero-order chi connectivity index (χ0) is 16.3. The molecule has 2 saturated heterocycles. The van der Waals surface area contributed by atoms with E-state index < -0.39 is 0 Å². The Morgan fingerprint density at radius 3 is 2.68 bits per heavy atom. The molecule has 0 aliphatic carbocycles. The van der Waals surface area contributed by atoms with Crippen molar-refractivity contribution in [2.45, 2.75) is 24.9 Å². The maximum Gasteiger partial charge on any atom is 0.220 e. The van der Waals surface area contributed by atoms with Crippen molar-refractivity contribution in [3.63, 3.8) is 0 Å². The molecule has 25 heavy (non-hydrogen) atoms. The fourth-order valence-corrected chi connectivity index (χ4v) is 4.03. The zero-order valence-corrected chi connectivity index (χ0v) is 14.7. The fourth-order valence-electron chi connectivity index (χ4n) is 4.03. The van der Waals surface area contributed by atoms with E-state index in [0.717, 1.165) is 24.1 Å². The number of halogens is 2. The van der Waals surface area contributed by atoms with Crippen LogP contribution in [0.2, 0.25) is 0 Å². The number of aromatic nitrogens is 4. The Bertz CT molecular complexity index is 907. The molecular weight excluding hydrogens is 343 g/mol. The van der Waals surface area contributed by atoms with Crippen LogP contribution in [0.15, 0.2) is 24.5 Å². The molecule has 0 spiro atoms. The Hall–Kier alpha value is -2.12. The van der Waals surface area contributed by atoms with E-state index in [-0.39, 0.29) is 18.4 Å². The minimum atomic E-state index is -0.344. The van der Waals surface area contributed by atoms with Crippen molar-refractivity contribution in [3.8, 4) is 11.3 Å². The molecule has 2 aliphatic heterocycles. The van der Waals surface area contributed by atoms with Crippen LogP contribution < -0.4 is 10.2 Å². The first-order valence-corrected chi connectivity index (χ1v) is 8.35. The molecule has 2 fully saturated rings. The molecule has 3 aromatic heterocycles. The summed E-state index contributed by atoms with van der Waals surface area (Å²) in [5, 5.41) is 8.68. The smallest absolute Gasteiger partial charge is 0.220 e. The van der Waals surface area contributed by atoms with Crippen molar-refractivity contribution < 1.29 is 4.39 Å². The van der Waals surface area contributed by atoms with Gasteiger partial charge in [0.2, 0.25) is 5.95 Å². The first-order chi connectivity index (χ1) is 11.7. The lowest BCUT2D eigenvalue weighted by atomic mass is 10.1. The number of rotatable bonds is 2. The molecule has 2 N–H and O–H groups in total. The summed E-state index contributed by atoms with van der Waals surface area (Å²) in [6, 6.07) is 5.19. The predicted octanol–water partition coefficient (Wildman–Crippen LogP) is 2.46. The van der Waals surface area contributed by atoms with Gasteiger partial charge in [0.05, 0.1) is 17.5 Å². The summed E-state index contributed by atoms with van der Waals surface area (Å²) >= 11 is 0. The van der Waals surface area contributed by atoms with Crippen LogP contribution in [0.1, 0.15) is 12.8 Å². The molecule has 132 valence electrons. The van der Waals surface area contributed by atoms with Gasteiger partial charge < -0.3 is 15.2 Å². The lowest BCUT2D eigenvalue weighted by molar-refractivity contribution is 0.466. The molecule has 2 unspecified atom stereocenters. The van der Waals surface area contributed by atoms with E-state index in [0.29, 0.717) is 23.3 Å². The maximum atomic E-state index is 14.2. The summed E-state index contributed by atoms with van der Waals surface area (Å²) in [5.74, 6) is -0.344. The number of aromatic amines is 1. The van der Waals surface area contributed by atoms with Crippen LogP contribution in [0, 0.1) is 5.95 Å². The SMILES string of the molecule is Cl.Cn1ncc(-c2cc3c(N4CC5CCC(C4)N5)ccnc3[nH]2)c1F. The van der Waals surface area contributed by atoms with E-state index >= 15 is 0 Å². The lowest BCUT2D eigenvalue weighted by Gasteiger charge is -2.34. The third-order valence-electron chi connectivity index (χ3n) is 5.22. The molecule has 6 nitrogen and oxygen atoms in total. The number of fused-ring (bicyclic) bond motifs is 3. The van der Waals surface area contributed by atoms with Gasteiger partial charge in [-0.2, -0.15) is 9.49 Å². The zero-order valence-electron chi connectivity index (χ0n) is 13.9. The molecule has 2 aliphatic rings. The Kier molecular flexibility index (Phi) is 3.92. The van der Waals surface area contributed by atoms with E-state index in [1.807, 2.05) is 12.3 Å². The molecule has 0 aromatic carbocycles. The Balaban J connectivity index is 0.00000157.